The molecule has 0 fully saturated rings. The second-order valence-electron chi connectivity index (χ2n) is 4.40. The van der Waals surface area contributed by atoms with Gasteiger partial charge in [-0.2, -0.15) is 0 Å². The van der Waals surface area contributed by atoms with Gasteiger partial charge in [-0.25, -0.2) is 4.39 Å². The monoisotopic (exact) mass is 285 g/mol. The van der Waals surface area contributed by atoms with Crippen molar-refractivity contribution >= 4 is 0 Å². The van der Waals surface area contributed by atoms with Crippen molar-refractivity contribution in [2.75, 3.05) is 13.2 Å². The highest BCUT2D eigenvalue weighted by molar-refractivity contribution is 5.40. The number of aromatic nitrogens is 1. The fraction of sp³-hybridized carbons (Fsp3) is 0.235. The van der Waals surface area contributed by atoms with Gasteiger partial charge < -0.3 is 9.84 Å². The first-order valence-corrected chi connectivity index (χ1v) is 6.70. The summed E-state index contributed by atoms with van der Waals surface area (Å²) in [6.45, 7) is 0.453. The molecule has 1 N–H and O–H groups in total. The summed E-state index contributed by atoms with van der Waals surface area (Å²) in [5, 5.41) is 8.67. The number of nitrogens with zero attached hydrogens (tertiary/aromatic N) is 1. The molecule has 0 aliphatic heterocycles. The van der Waals surface area contributed by atoms with Crippen molar-refractivity contribution in [3.63, 3.8) is 0 Å². The highest BCUT2D eigenvalue weighted by Crippen LogP contribution is 2.16. The molecule has 3 nitrogen and oxygen atoms in total. The van der Waals surface area contributed by atoms with E-state index in [0.29, 0.717) is 24.3 Å². The average molecular weight is 285 g/mol. The van der Waals surface area contributed by atoms with Gasteiger partial charge in [0.2, 0.25) is 0 Å². The van der Waals surface area contributed by atoms with Crippen LogP contribution in [0.2, 0.25) is 0 Å². The molecule has 0 amide bonds. The largest absolute Gasteiger partial charge is 0.493 e. The van der Waals surface area contributed by atoms with Gasteiger partial charge in [0, 0.05) is 36.9 Å². The van der Waals surface area contributed by atoms with E-state index < -0.39 is 0 Å². The van der Waals surface area contributed by atoms with Crippen molar-refractivity contribution in [1.82, 2.24) is 4.98 Å². The van der Waals surface area contributed by atoms with Gasteiger partial charge in [-0.1, -0.05) is 11.8 Å². The number of aliphatic hydroxyl groups excluding tert-OH is 1. The Balaban J connectivity index is 1.95. The lowest BCUT2D eigenvalue weighted by Crippen LogP contribution is -2.02. The topological polar surface area (TPSA) is 42.4 Å². The Labute approximate surface area is 123 Å². The predicted octanol–water partition coefficient (Wildman–Crippen LogP) is 2.58. The molecule has 1 aromatic carbocycles. The van der Waals surface area contributed by atoms with E-state index in [-0.39, 0.29) is 12.4 Å². The SMILES string of the molecule is OCCC#Cc1cc(F)cc(OCCc2ccncc2)c1. The van der Waals surface area contributed by atoms with Crippen LogP contribution >= 0.6 is 0 Å². The minimum absolute atomic E-state index is 0.00238. The smallest absolute Gasteiger partial charge is 0.128 e. The summed E-state index contributed by atoms with van der Waals surface area (Å²) in [7, 11) is 0. The van der Waals surface area contributed by atoms with Crippen LogP contribution in [0.25, 0.3) is 0 Å². The molecule has 2 aromatic rings. The quantitative estimate of drug-likeness (QED) is 0.859. The zero-order valence-corrected chi connectivity index (χ0v) is 11.6. The second-order valence-corrected chi connectivity index (χ2v) is 4.40. The Hall–Kier alpha value is -2.38. The number of rotatable bonds is 5. The molecule has 1 heterocycles. The molecule has 0 aliphatic carbocycles. The predicted molar refractivity (Wildman–Crippen MR) is 78.4 cm³/mol. The molecule has 0 saturated carbocycles. The van der Waals surface area contributed by atoms with Gasteiger partial charge >= 0.3 is 0 Å². The van der Waals surface area contributed by atoms with Gasteiger partial charge in [0.1, 0.15) is 11.6 Å². The Kier molecular flexibility index (Phi) is 5.74. The number of hydrogen-bond donors (Lipinski definition) is 1. The van der Waals surface area contributed by atoms with Crippen LogP contribution in [0.3, 0.4) is 0 Å². The van der Waals surface area contributed by atoms with Gasteiger partial charge in [0.05, 0.1) is 13.2 Å². The van der Waals surface area contributed by atoms with Crippen LogP contribution in [0.4, 0.5) is 4.39 Å². The molecule has 0 aliphatic rings. The zero-order chi connectivity index (χ0) is 14.9. The Morgan fingerprint density at radius 2 is 2.00 bits per heavy atom. The van der Waals surface area contributed by atoms with E-state index in [9.17, 15) is 4.39 Å². The standard InChI is InChI=1S/C17H16FNO2/c18-16-11-15(3-1-2-9-20)12-17(13-16)21-10-6-14-4-7-19-8-5-14/h4-5,7-8,11-13,20H,2,6,9-10H2. The van der Waals surface area contributed by atoms with Crippen LogP contribution in [-0.4, -0.2) is 23.3 Å². The maximum atomic E-state index is 13.5. The number of ether oxygens (including phenoxy) is 1. The normalized spacial score (nSPS) is 9.81. The van der Waals surface area contributed by atoms with E-state index in [2.05, 4.69) is 16.8 Å². The molecule has 4 heteroatoms. The summed E-state index contributed by atoms with van der Waals surface area (Å²) in [6.07, 6.45) is 4.55. The average Bonchev–Trinajstić information content (AvgIpc) is 2.48. The third-order valence-electron chi connectivity index (χ3n) is 2.75. The number of hydrogen-bond acceptors (Lipinski definition) is 3. The van der Waals surface area contributed by atoms with Gasteiger partial charge in [-0.3, -0.25) is 4.98 Å². The Morgan fingerprint density at radius 1 is 1.19 bits per heavy atom. The number of pyridine rings is 1. The first-order chi connectivity index (χ1) is 10.3. The summed E-state index contributed by atoms with van der Waals surface area (Å²) in [6, 6.07) is 8.21. The lowest BCUT2D eigenvalue weighted by molar-refractivity contribution is 0.305. The van der Waals surface area contributed by atoms with Crippen LogP contribution in [0.5, 0.6) is 5.75 Å². The maximum absolute atomic E-state index is 13.5. The second kappa shape index (κ2) is 8.03. The van der Waals surface area contributed by atoms with E-state index in [0.717, 1.165) is 12.0 Å². The van der Waals surface area contributed by atoms with Gasteiger partial charge in [0.25, 0.3) is 0 Å². The first-order valence-electron chi connectivity index (χ1n) is 6.70. The fourth-order valence-electron chi connectivity index (χ4n) is 1.77. The summed E-state index contributed by atoms with van der Waals surface area (Å²) in [5.74, 6) is 5.63. The third kappa shape index (κ3) is 5.25. The minimum atomic E-state index is -0.385. The molecule has 0 unspecified atom stereocenters. The lowest BCUT2D eigenvalue weighted by Gasteiger charge is -2.07. The fourth-order valence-corrected chi connectivity index (χ4v) is 1.77. The zero-order valence-electron chi connectivity index (χ0n) is 11.6. The van der Waals surface area contributed by atoms with E-state index in [1.54, 1.807) is 18.5 Å². The van der Waals surface area contributed by atoms with E-state index in [4.69, 9.17) is 9.84 Å². The lowest BCUT2D eigenvalue weighted by atomic mass is 10.2. The van der Waals surface area contributed by atoms with Crippen LogP contribution in [0.15, 0.2) is 42.7 Å². The van der Waals surface area contributed by atoms with Crippen molar-refractivity contribution < 1.29 is 14.2 Å². The summed E-state index contributed by atoms with van der Waals surface area (Å²) >= 11 is 0. The van der Waals surface area contributed by atoms with Crippen molar-refractivity contribution in [3.8, 4) is 17.6 Å². The molecule has 0 bridgehead atoms. The van der Waals surface area contributed by atoms with Crippen molar-refractivity contribution in [3.05, 3.63) is 59.7 Å². The molecular formula is C17H16FNO2. The summed E-state index contributed by atoms with van der Waals surface area (Å²) < 4.78 is 19.0. The molecular weight excluding hydrogens is 269 g/mol. The van der Waals surface area contributed by atoms with Gasteiger partial charge in [0.15, 0.2) is 0 Å². The van der Waals surface area contributed by atoms with Crippen LogP contribution in [-0.2, 0) is 6.42 Å². The molecule has 0 spiro atoms. The molecule has 2 rings (SSSR count). The van der Waals surface area contributed by atoms with Gasteiger partial charge in [-0.15, -0.1) is 0 Å². The number of aliphatic hydroxyl groups is 1. The van der Waals surface area contributed by atoms with Crippen LogP contribution in [0.1, 0.15) is 17.5 Å². The van der Waals surface area contributed by atoms with Crippen LogP contribution in [0, 0.1) is 17.7 Å². The molecule has 108 valence electrons. The van der Waals surface area contributed by atoms with E-state index in [1.165, 1.54) is 12.1 Å². The van der Waals surface area contributed by atoms with E-state index in [1.807, 2.05) is 12.1 Å². The summed E-state index contributed by atoms with van der Waals surface area (Å²) in [4.78, 5) is 3.95. The molecule has 21 heavy (non-hydrogen) atoms. The van der Waals surface area contributed by atoms with Crippen LogP contribution < -0.4 is 4.74 Å². The molecule has 0 atom stereocenters. The molecule has 0 radical (unpaired) electrons. The highest BCUT2D eigenvalue weighted by atomic mass is 19.1. The Morgan fingerprint density at radius 3 is 2.76 bits per heavy atom. The summed E-state index contributed by atoms with van der Waals surface area (Å²) in [5.41, 5.74) is 1.66. The van der Waals surface area contributed by atoms with Crippen molar-refractivity contribution in [2.24, 2.45) is 0 Å². The number of benzene rings is 1. The van der Waals surface area contributed by atoms with Crippen molar-refractivity contribution in [1.29, 1.82) is 0 Å². The van der Waals surface area contributed by atoms with Gasteiger partial charge in [-0.05, 0) is 29.8 Å². The first kappa shape index (κ1) is 15.0. The third-order valence-corrected chi connectivity index (χ3v) is 2.75. The molecule has 0 saturated heterocycles. The highest BCUT2D eigenvalue weighted by Gasteiger charge is 2.01. The minimum Gasteiger partial charge on any atom is -0.493 e. The maximum Gasteiger partial charge on any atom is 0.128 e. The number of halogens is 1. The Bertz CT molecular complexity index is 632. The van der Waals surface area contributed by atoms with Crippen molar-refractivity contribution in [2.45, 2.75) is 12.8 Å². The van der Waals surface area contributed by atoms with E-state index >= 15 is 0 Å². The molecule has 1 aromatic heterocycles.